The number of Topliss-reactive ketones (excluding diaryl/α,β-unsaturated/α-hetero) is 1. The molecule has 1 rings (SSSR count). The second-order valence-corrected chi connectivity index (χ2v) is 6.06. The molecule has 0 aliphatic rings. The highest BCUT2D eigenvalue weighted by molar-refractivity contribution is 5.78. The largest absolute Gasteiger partial charge is 0.504 e. The summed E-state index contributed by atoms with van der Waals surface area (Å²) in [4.78, 5) is 22.3. The molecule has 0 radical (unpaired) electrons. The summed E-state index contributed by atoms with van der Waals surface area (Å²) < 4.78 is 5.06. The van der Waals surface area contributed by atoms with E-state index in [9.17, 15) is 14.7 Å². The predicted molar refractivity (Wildman–Crippen MR) is 92.6 cm³/mol. The van der Waals surface area contributed by atoms with Crippen LogP contribution in [0.15, 0.2) is 18.2 Å². The number of aromatic hydroxyl groups is 1. The predicted octanol–water partition coefficient (Wildman–Crippen LogP) is 4.11. The molecule has 0 aliphatic carbocycles. The van der Waals surface area contributed by atoms with Gasteiger partial charge in [0.15, 0.2) is 11.5 Å². The molecule has 0 heterocycles. The van der Waals surface area contributed by atoms with Crippen LogP contribution < -0.4 is 4.74 Å². The van der Waals surface area contributed by atoms with Gasteiger partial charge in [-0.1, -0.05) is 31.7 Å². The number of benzene rings is 1. The first-order chi connectivity index (χ1) is 11.5. The van der Waals surface area contributed by atoms with Crippen LogP contribution in [0.3, 0.4) is 0 Å². The molecule has 0 bridgehead atoms. The Balaban J connectivity index is 2.09. The molecule has 0 amide bonds. The maximum atomic E-state index is 11.9. The number of phenols is 1. The lowest BCUT2D eigenvalue weighted by molar-refractivity contribution is -0.137. The van der Waals surface area contributed by atoms with E-state index in [0.717, 1.165) is 44.1 Å². The number of hydrogen-bond donors (Lipinski definition) is 2. The zero-order chi connectivity index (χ0) is 17.8. The minimum Gasteiger partial charge on any atom is -0.504 e. The summed E-state index contributed by atoms with van der Waals surface area (Å²) in [5, 5.41) is 18.1. The third-order valence-corrected chi connectivity index (χ3v) is 4.03. The number of hydrogen-bond acceptors (Lipinski definition) is 4. The van der Waals surface area contributed by atoms with Gasteiger partial charge in [0, 0.05) is 19.3 Å². The van der Waals surface area contributed by atoms with Gasteiger partial charge in [-0.15, -0.1) is 0 Å². The van der Waals surface area contributed by atoms with Crippen LogP contribution in [0.1, 0.15) is 63.4 Å². The van der Waals surface area contributed by atoms with Gasteiger partial charge >= 0.3 is 5.97 Å². The Morgan fingerprint density at radius 3 is 2.21 bits per heavy atom. The Kier molecular flexibility index (Phi) is 9.58. The highest BCUT2D eigenvalue weighted by atomic mass is 16.5. The van der Waals surface area contributed by atoms with E-state index < -0.39 is 5.97 Å². The maximum Gasteiger partial charge on any atom is 0.303 e. The van der Waals surface area contributed by atoms with Crippen LogP contribution >= 0.6 is 0 Å². The minimum atomic E-state index is -0.730. The van der Waals surface area contributed by atoms with Crippen molar-refractivity contribution in [3.05, 3.63) is 23.8 Å². The lowest BCUT2D eigenvalue weighted by atomic mass is 10.0. The highest BCUT2D eigenvalue weighted by Gasteiger charge is 2.06. The maximum absolute atomic E-state index is 11.9. The molecule has 0 spiro atoms. The topological polar surface area (TPSA) is 83.8 Å². The van der Waals surface area contributed by atoms with Crippen LogP contribution in [0, 0.1) is 0 Å². The summed E-state index contributed by atoms with van der Waals surface area (Å²) in [6.07, 6.45) is 7.72. The van der Waals surface area contributed by atoms with Gasteiger partial charge in [0.2, 0.25) is 0 Å². The van der Waals surface area contributed by atoms with E-state index in [2.05, 4.69) is 0 Å². The number of carboxylic acids is 1. The highest BCUT2D eigenvalue weighted by Crippen LogP contribution is 2.26. The molecule has 0 fully saturated rings. The molecule has 0 saturated heterocycles. The monoisotopic (exact) mass is 336 g/mol. The molecule has 134 valence electrons. The fourth-order valence-electron chi connectivity index (χ4n) is 2.59. The number of rotatable bonds is 13. The number of ketones is 1. The number of unbranched alkanes of at least 4 members (excludes halogenated alkanes) is 5. The van der Waals surface area contributed by atoms with Crippen molar-refractivity contribution in [3.63, 3.8) is 0 Å². The van der Waals surface area contributed by atoms with Gasteiger partial charge < -0.3 is 14.9 Å². The van der Waals surface area contributed by atoms with Crippen molar-refractivity contribution in [2.45, 2.75) is 64.2 Å². The molecule has 0 saturated carbocycles. The van der Waals surface area contributed by atoms with Gasteiger partial charge in [-0.05, 0) is 37.0 Å². The Hall–Kier alpha value is -2.04. The van der Waals surface area contributed by atoms with Gasteiger partial charge in [-0.3, -0.25) is 9.59 Å². The van der Waals surface area contributed by atoms with Gasteiger partial charge in [0.05, 0.1) is 7.11 Å². The van der Waals surface area contributed by atoms with Crippen molar-refractivity contribution in [3.8, 4) is 11.5 Å². The number of carboxylic acid groups (broad SMARTS) is 1. The number of ether oxygens (including phenoxy) is 1. The zero-order valence-electron chi connectivity index (χ0n) is 14.4. The SMILES string of the molecule is COc1cc(CCC(=O)CCCCCCCCC(=O)O)ccc1O. The minimum absolute atomic E-state index is 0.107. The third-order valence-electron chi connectivity index (χ3n) is 4.03. The Morgan fingerprint density at radius 2 is 1.58 bits per heavy atom. The third kappa shape index (κ3) is 8.56. The number of aliphatic carboxylic acids is 1. The van der Waals surface area contributed by atoms with Crippen LogP contribution in [0.4, 0.5) is 0 Å². The standard InChI is InChI=1S/C19H28O5/c1-24-18-14-15(11-13-17(18)21)10-12-16(20)8-6-4-2-3-5-7-9-19(22)23/h11,13-14,21H,2-10,12H2,1H3,(H,22,23). The Morgan fingerprint density at radius 1 is 0.958 bits per heavy atom. The van der Waals surface area contributed by atoms with Gasteiger partial charge in [-0.2, -0.15) is 0 Å². The summed E-state index contributed by atoms with van der Waals surface area (Å²) in [6.45, 7) is 0. The van der Waals surface area contributed by atoms with Crippen LogP contribution in [0.5, 0.6) is 11.5 Å². The van der Waals surface area contributed by atoms with E-state index in [4.69, 9.17) is 9.84 Å². The molecule has 1 aromatic carbocycles. The summed E-state index contributed by atoms with van der Waals surface area (Å²) in [7, 11) is 1.51. The molecule has 5 nitrogen and oxygen atoms in total. The van der Waals surface area contributed by atoms with E-state index in [0.29, 0.717) is 25.0 Å². The Bertz CT molecular complexity index is 524. The molecule has 1 aromatic rings. The van der Waals surface area contributed by atoms with Crippen molar-refractivity contribution in [2.24, 2.45) is 0 Å². The van der Waals surface area contributed by atoms with Crippen molar-refractivity contribution in [1.82, 2.24) is 0 Å². The van der Waals surface area contributed by atoms with Crippen LogP contribution in [-0.4, -0.2) is 29.1 Å². The van der Waals surface area contributed by atoms with Crippen molar-refractivity contribution in [2.75, 3.05) is 7.11 Å². The van der Waals surface area contributed by atoms with Gasteiger partial charge in [0.1, 0.15) is 5.78 Å². The smallest absolute Gasteiger partial charge is 0.303 e. The van der Waals surface area contributed by atoms with Crippen LogP contribution in [0.25, 0.3) is 0 Å². The van der Waals surface area contributed by atoms with Crippen molar-refractivity contribution in [1.29, 1.82) is 0 Å². The number of phenolic OH excluding ortho intramolecular Hbond substituents is 1. The van der Waals surface area contributed by atoms with Crippen LogP contribution in [0.2, 0.25) is 0 Å². The molecule has 0 aromatic heterocycles. The summed E-state index contributed by atoms with van der Waals surface area (Å²) in [6, 6.07) is 5.16. The quantitative estimate of drug-likeness (QED) is 0.530. The van der Waals surface area contributed by atoms with E-state index >= 15 is 0 Å². The average molecular weight is 336 g/mol. The van der Waals surface area contributed by atoms with Crippen molar-refractivity contribution < 1.29 is 24.5 Å². The van der Waals surface area contributed by atoms with Gasteiger partial charge in [0.25, 0.3) is 0 Å². The fraction of sp³-hybridized carbons (Fsp3) is 0.579. The Labute approximate surface area is 143 Å². The molecular weight excluding hydrogens is 308 g/mol. The number of methoxy groups -OCH3 is 1. The molecule has 0 aliphatic heterocycles. The normalized spacial score (nSPS) is 10.5. The number of carbonyl (C=O) groups is 2. The second-order valence-electron chi connectivity index (χ2n) is 6.06. The molecule has 0 unspecified atom stereocenters. The number of aryl methyl sites for hydroxylation is 1. The van der Waals surface area contributed by atoms with E-state index in [1.807, 2.05) is 6.07 Å². The van der Waals surface area contributed by atoms with E-state index in [1.165, 1.54) is 7.11 Å². The molecular formula is C19H28O5. The first-order valence-electron chi connectivity index (χ1n) is 8.62. The fourth-order valence-corrected chi connectivity index (χ4v) is 2.59. The van der Waals surface area contributed by atoms with Gasteiger partial charge in [-0.25, -0.2) is 0 Å². The molecule has 0 atom stereocenters. The number of carbonyl (C=O) groups excluding carboxylic acids is 1. The first-order valence-corrected chi connectivity index (χ1v) is 8.62. The summed E-state index contributed by atoms with van der Waals surface area (Å²) in [5.74, 6) is 0.0681. The molecule has 5 heteroatoms. The lowest BCUT2D eigenvalue weighted by Crippen LogP contribution is -2.00. The summed E-state index contributed by atoms with van der Waals surface area (Å²) in [5.41, 5.74) is 0.983. The second kappa shape index (κ2) is 11.5. The van der Waals surface area contributed by atoms with Crippen molar-refractivity contribution >= 4 is 11.8 Å². The summed E-state index contributed by atoms with van der Waals surface area (Å²) >= 11 is 0. The van der Waals surface area contributed by atoms with E-state index in [1.54, 1.807) is 12.1 Å². The molecule has 2 N–H and O–H groups in total. The average Bonchev–Trinajstić information content (AvgIpc) is 2.56. The van der Waals surface area contributed by atoms with Crippen LogP contribution in [-0.2, 0) is 16.0 Å². The zero-order valence-corrected chi connectivity index (χ0v) is 14.4. The van der Waals surface area contributed by atoms with E-state index in [-0.39, 0.29) is 18.0 Å². The first kappa shape index (κ1) is 20.0. The lowest BCUT2D eigenvalue weighted by Gasteiger charge is -2.06. The molecule has 24 heavy (non-hydrogen) atoms.